The van der Waals surface area contributed by atoms with Gasteiger partial charge in [0.1, 0.15) is 17.9 Å². The Balaban J connectivity index is 1.58. The molecule has 5 nitrogen and oxygen atoms in total. The molecule has 22 heavy (non-hydrogen) atoms. The fraction of sp³-hybridized carbons (Fsp3) is 0.412. The topological polar surface area (TPSA) is 56.3 Å². The molecular formula is C17H21N3O2. The fourth-order valence-corrected chi connectivity index (χ4v) is 2.69. The highest BCUT2D eigenvalue weighted by atomic mass is 16.5. The van der Waals surface area contributed by atoms with E-state index in [0.717, 1.165) is 49.9 Å². The van der Waals surface area contributed by atoms with Gasteiger partial charge in [-0.3, -0.25) is 0 Å². The first kappa shape index (κ1) is 14.8. The van der Waals surface area contributed by atoms with E-state index in [9.17, 15) is 0 Å². The van der Waals surface area contributed by atoms with E-state index in [0.29, 0.717) is 5.92 Å². The van der Waals surface area contributed by atoms with E-state index in [-0.39, 0.29) is 0 Å². The molecule has 2 aromatic rings. The summed E-state index contributed by atoms with van der Waals surface area (Å²) in [6.07, 6.45) is 3.55. The van der Waals surface area contributed by atoms with Crippen molar-refractivity contribution in [3.63, 3.8) is 0 Å². The number of aromatic nitrogens is 2. The van der Waals surface area contributed by atoms with Crippen molar-refractivity contribution in [2.75, 3.05) is 32.2 Å². The van der Waals surface area contributed by atoms with Crippen LogP contribution in [0.2, 0.25) is 0 Å². The van der Waals surface area contributed by atoms with Gasteiger partial charge in [-0.1, -0.05) is 18.2 Å². The van der Waals surface area contributed by atoms with Gasteiger partial charge in [0.25, 0.3) is 0 Å². The molecule has 0 spiro atoms. The van der Waals surface area contributed by atoms with Crippen LogP contribution in [-0.2, 0) is 11.2 Å². The van der Waals surface area contributed by atoms with Crippen LogP contribution in [-0.4, -0.2) is 36.8 Å². The first-order valence-electron chi connectivity index (χ1n) is 7.62. The van der Waals surface area contributed by atoms with Crippen molar-refractivity contribution < 1.29 is 9.47 Å². The zero-order valence-corrected chi connectivity index (χ0v) is 12.8. The minimum atomic E-state index is 0.401. The molecule has 1 atom stereocenters. The number of benzene rings is 1. The molecule has 1 aliphatic rings. The smallest absolute Gasteiger partial charge is 0.129 e. The molecule has 0 saturated carbocycles. The summed E-state index contributed by atoms with van der Waals surface area (Å²) in [7, 11) is 1.70. The molecule has 1 N–H and O–H groups in total. The normalized spacial score (nSPS) is 17.4. The zero-order chi connectivity index (χ0) is 15.2. The molecule has 0 bridgehead atoms. The molecule has 1 aliphatic heterocycles. The Morgan fingerprint density at radius 3 is 3.05 bits per heavy atom. The number of anilines is 1. The highest BCUT2D eigenvalue weighted by Crippen LogP contribution is 2.24. The number of para-hydroxylation sites is 1. The minimum absolute atomic E-state index is 0.401. The van der Waals surface area contributed by atoms with Crippen LogP contribution in [0.3, 0.4) is 0 Å². The van der Waals surface area contributed by atoms with Gasteiger partial charge in [0.15, 0.2) is 0 Å². The van der Waals surface area contributed by atoms with Gasteiger partial charge in [0.2, 0.25) is 0 Å². The quantitative estimate of drug-likeness (QED) is 0.888. The lowest BCUT2D eigenvalue weighted by molar-refractivity contribution is 0.193. The second kappa shape index (κ2) is 7.22. The highest BCUT2D eigenvalue weighted by molar-refractivity contribution is 5.38. The Hall–Kier alpha value is -2.14. The van der Waals surface area contributed by atoms with Gasteiger partial charge in [0, 0.05) is 25.1 Å². The van der Waals surface area contributed by atoms with Crippen LogP contribution < -0.4 is 10.1 Å². The minimum Gasteiger partial charge on any atom is -0.496 e. The van der Waals surface area contributed by atoms with E-state index >= 15 is 0 Å². The number of nitrogens with one attached hydrogen (secondary N) is 1. The Morgan fingerprint density at radius 1 is 1.32 bits per heavy atom. The van der Waals surface area contributed by atoms with Crippen molar-refractivity contribution in [3.05, 3.63) is 47.9 Å². The number of rotatable bonds is 6. The SMILES string of the molecule is COc1ccccc1CCNc1cc([C@H]2CCOC2)ncn1. The summed E-state index contributed by atoms with van der Waals surface area (Å²) < 4.78 is 10.8. The molecule has 1 aromatic carbocycles. The van der Waals surface area contributed by atoms with Crippen molar-refractivity contribution in [1.82, 2.24) is 9.97 Å². The first-order valence-corrected chi connectivity index (χ1v) is 7.62. The lowest BCUT2D eigenvalue weighted by Crippen LogP contribution is -2.09. The Bertz CT molecular complexity index is 612. The van der Waals surface area contributed by atoms with E-state index in [2.05, 4.69) is 21.4 Å². The molecule has 0 radical (unpaired) electrons. The van der Waals surface area contributed by atoms with E-state index in [1.807, 2.05) is 24.3 Å². The van der Waals surface area contributed by atoms with Crippen molar-refractivity contribution in [2.45, 2.75) is 18.8 Å². The monoisotopic (exact) mass is 299 g/mol. The van der Waals surface area contributed by atoms with Crippen LogP contribution in [0.1, 0.15) is 23.6 Å². The number of hydrogen-bond donors (Lipinski definition) is 1. The van der Waals surface area contributed by atoms with Crippen LogP contribution >= 0.6 is 0 Å². The first-order chi connectivity index (χ1) is 10.9. The van der Waals surface area contributed by atoms with Crippen molar-refractivity contribution in [1.29, 1.82) is 0 Å². The Morgan fingerprint density at radius 2 is 2.23 bits per heavy atom. The van der Waals surface area contributed by atoms with E-state index < -0.39 is 0 Å². The highest BCUT2D eigenvalue weighted by Gasteiger charge is 2.19. The van der Waals surface area contributed by atoms with Crippen molar-refractivity contribution >= 4 is 5.82 Å². The molecule has 1 fully saturated rings. The number of methoxy groups -OCH3 is 1. The number of nitrogens with zero attached hydrogens (tertiary/aromatic N) is 2. The average molecular weight is 299 g/mol. The fourth-order valence-electron chi connectivity index (χ4n) is 2.69. The molecular weight excluding hydrogens is 278 g/mol. The van der Waals surface area contributed by atoms with Gasteiger partial charge in [-0.2, -0.15) is 0 Å². The molecule has 2 heterocycles. The van der Waals surface area contributed by atoms with Crippen molar-refractivity contribution in [3.8, 4) is 5.75 Å². The third kappa shape index (κ3) is 3.54. The summed E-state index contributed by atoms with van der Waals surface area (Å²) in [6.45, 7) is 2.39. The van der Waals surface area contributed by atoms with E-state index in [1.165, 1.54) is 5.56 Å². The predicted molar refractivity (Wildman–Crippen MR) is 85.4 cm³/mol. The zero-order valence-electron chi connectivity index (χ0n) is 12.8. The molecule has 1 aromatic heterocycles. The molecule has 5 heteroatoms. The summed E-state index contributed by atoms with van der Waals surface area (Å²) in [5, 5.41) is 3.36. The molecule has 0 aliphatic carbocycles. The molecule has 0 amide bonds. The molecule has 116 valence electrons. The lowest BCUT2D eigenvalue weighted by atomic mass is 10.1. The van der Waals surface area contributed by atoms with Gasteiger partial charge in [-0.25, -0.2) is 9.97 Å². The molecule has 0 unspecified atom stereocenters. The van der Waals surface area contributed by atoms with Crippen LogP contribution in [0, 0.1) is 0 Å². The number of hydrogen-bond acceptors (Lipinski definition) is 5. The predicted octanol–water partition coefficient (Wildman–Crippen LogP) is 2.64. The summed E-state index contributed by atoms with van der Waals surface area (Å²) in [4.78, 5) is 8.65. The maximum absolute atomic E-state index is 5.42. The van der Waals surface area contributed by atoms with Gasteiger partial charge in [-0.05, 0) is 24.5 Å². The summed E-state index contributed by atoms with van der Waals surface area (Å²) in [6, 6.07) is 10.1. The van der Waals surface area contributed by atoms with Crippen LogP contribution in [0.4, 0.5) is 5.82 Å². The van der Waals surface area contributed by atoms with E-state index in [1.54, 1.807) is 13.4 Å². The summed E-state index contributed by atoms with van der Waals surface area (Å²) in [5.74, 6) is 2.19. The van der Waals surface area contributed by atoms with Crippen LogP contribution in [0.15, 0.2) is 36.7 Å². The van der Waals surface area contributed by atoms with Gasteiger partial charge < -0.3 is 14.8 Å². The molecule has 3 rings (SSSR count). The van der Waals surface area contributed by atoms with Crippen LogP contribution in [0.25, 0.3) is 0 Å². The van der Waals surface area contributed by atoms with Gasteiger partial charge in [0.05, 0.1) is 19.4 Å². The second-order valence-electron chi connectivity index (χ2n) is 5.38. The number of ether oxygens (including phenoxy) is 2. The van der Waals surface area contributed by atoms with Crippen LogP contribution in [0.5, 0.6) is 5.75 Å². The van der Waals surface area contributed by atoms with Gasteiger partial charge >= 0.3 is 0 Å². The van der Waals surface area contributed by atoms with E-state index in [4.69, 9.17) is 9.47 Å². The maximum Gasteiger partial charge on any atom is 0.129 e. The molecule has 1 saturated heterocycles. The standard InChI is InChI=1S/C17H21N3O2/c1-21-16-5-3-2-4-13(16)6-8-18-17-10-15(19-12-20-17)14-7-9-22-11-14/h2-5,10,12,14H,6-9,11H2,1H3,(H,18,19,20)/t14-/m0/s1. The summed E-state index contributed by atoms with van der Waals surface area (Å²) >= 11 is 0. The lowest BCUT2D eigenvalue weighted by Gasteiger charge is -2.11. The largest absolute Gasteiger partial charge is 0.496 e. The summed E-state index contributed by atoms with van der Waals surface area (Å²) in [5.41, 5.74) is 2.25. The third-order valence-corrected chi connectivity index (χ3v) is 3.93. The Kier molecular flexibility index (Phi) is 4.85. The maximum atomic E-state index is 5.42. The van der Waals surface area contributed by atoms with Gasteiger partial charge in [-0.15, -0.1) is 0 Å². The van der Waals surface area contributed by atoms with Crippen molar-refractivity contribution in [2.24, 2.45) is 0 Å². The Labute approximate surface area is 130 Å². The average Bonchev–Trinajstić information content (AvgIpc) is 3.10. The third-order valence-electron chi connectivity index (χ3n) is 3.93. The second-order valence-corrected chi connectivity index (χ2v) is 5.38.